The number of fused-ring (bicyclic) bond motifs is 9. The van der Waals surface area contributed by atoms with Crippen LogP contribution in [0.15, 0.2) is 206 Å². The third kappa shape index (κ3) is 4.44. The van der Waals surface area contributed by atoms with Crippen LogP contribution in [0.4, 0.5) is 0 Å². The number of hydrogen-bond acceptors (Lipinski definition) is 2. The minimum Gasteiger partial charge on any atom is -0.376 e. The van der Waals surface area contributed by atoms with Crippen molar-refractivity contribution in [1.29, 1.82) is 0 Å². The summed E-state index contributed by atoms with van der Waals surface area (Å²) >= 11 is 0. The molecule has 2 aliphatic rings. The van der Waals surface area contributed by atoms with Crippen molar-refractivity contribution in [2.45, 2.75) is 11.2 Å². The Labute approximate surface area is 336 Å². The van der Waals surface area contributed by atoms with Crippen LogP contribution in [-0.4, -0.2) is 10.2 Å². The molecule has 12 rings (SSSR count). The highest BCUT2D eigenvalue weighted by Gasteiger charge is 2.45. The van der Waals surface area contributed by atoms with Gasteiger partial charge in [0.25, 0.3) is 0 Å². The van der Waals surface area contributed by atoms with Crippen LogP contribution >= 0.6 is 0 Å². The maximum absolute atomic E-state index is 13.0. The van der Waals surface area contributed by atoms with Gasteiger partial charge in [-0.05, 0) is 89.0 Å². The average Bonchev–Trinajstić information content (AvgIpc) is 3.71. The predicted molar refractivity (Wildman–Crippen MR) is 238 cm³/mol. The number of hydrogen-bond donors (Lipinski definition) is 2. The fraction of sp³-hybridized carbons (Fsp3) is 0.0357. The Morgan fingerprint density at radius 2 is 0.534 bits per heavy atom. The first-order chi connectivity index (χ1) is 28.5. The van der Waals surface area contributed by atoms with Gasteiger partial charge in [-0.1, -0.05) is 194 Å². The molecular weight excluding hydrogens is 705 g/mol. The van der Waals surface area contributed by atoms with Gasteiger partial charge in [0.15, 0.2) is 0 Å². The van der Waals surface area contributed by atoms with E-state index in [1.807, 2.05) is 48.5 Å². The lowest BCUT2D eigenvalue weighted by molar-refractivity contribution is 0.132. The summed E-state index contributed by atoms with van der Waals surface area (Å²) in [4.78, 5) is 0. The summed E-state index contributed by atoms with van der Waals surface area (Å²) in [5, 5.41) is 32.5. The lowest BCUT2D eigenvalue weighted by atomic mass is 9.79. The lowest BCUT2D eigenvalue weighted by Crippen LogP contribution is -2.26. The smallest absolute Gasteiger partial charge is 0.142 e. The predicted octanol–water partition coefficient (Wildman–Crippen LogP) is 13.0. The molecule has 0 saturated carbocycles. The molecule has 0 saturated heterocycles. The van der Waals surface area contributed by atoms with Gasteiger partial charge in [-0.2, -0.15) is 0 Å². The zero-order valence-corrected chi connectivity index (χ0v) is 31.5. The van der Waals surface area contributed by atoms with Gasteiger partial charge >= 0.3 is 0 Å². The molecule has 58 heavy (non-hydrogen) atoms. The molecule has 0 atom stereocenters. The quantitative estimate of drug-likeness (QED) is 0.189. The highest BCUT2D eigenvalue weighted by atomic mass is 16.3. The molecule has 0 fully saturated rings. The van der Waals surface area contributed by atoms with Crippen LogP contribution in [0.3, 0.4) is 0 Å². The van der Waals surface area contributed by atoms with Crippen molar-refractivity contribution in [1.82, 2.24) is 0 Å². The molecule has 0 radical (unpaired) electrons. The third-order valence-electron chi connectivity index (χ3n) is 12.9. The van der Waals surface area contributed by atoms with Gasteiger partial charge in [0.1, 0.15) is 11.2 Å². The zero-order chi connectivity index (χ0) is 38.6. The molecular formula is C56H36O2. The van der Waals surface area contributed by atoms with E-state index >= 15 is 0 Å². The molecule has 0 amide bonds. The van der Waals surface area contributed by atoms with Crippen LogP contribution in [0.5, 0.6) is 0 Å². The fourth-order valence-electron chi connectivity index (χ4n) is 10.4. The molecule has 10 aromatic rings. The van der Waals surface area contributed by atoms with Gasteiger partial charge in [0.2, 0.25) is 0 Å². The lowest BCUT2D eigenvalue weighted by Gasteiger charge is -2.29. The Morgan fingerprint density at radius 1 is 0.241 bits per heavy atom. The zero-order valence-electron chi connectivity index (χ0n) is 31.5. The molecule has 2 aliphatic carbocycles. The molecule has 2 heteroatoms. The van der Waals surface area contributed by atoms with E-state index in [2.05, 4.69) is 158 Å². The van der Waals surface area contributed by atoms with E-state index in [9.17, 15) is 10.2 Å². The van der Waals surface area contributed by atoms with Crippen LogP contribution < -0.4 is 0 Å². The van der Waals surface area contributed by atoms with E-state index in [-0.39, 0.29) is 0 Å². The fourth-order valence-corrected chi connectivity index (χ4v) is 10.4. The highest BCUT2D eigenvalue weighted by Crippen LogP contribution is 2.55. The second-order valence-electron chi connectivity index (χ2n) is 15.8. The first-order valence-electron chi connectivity index (χ1n) is 20.0. The van der Waals surface area contributed by atoms with Gasteiger partial charge < -0.3 is 10.2 Å². The summed E-state index contributed by atoms with van der Waals surface area (Å²) < 4.78 is 0. The van der Waals surface area contributed by atoms with Gasteiger partial charge in [-0.25, -0.2) is 0 Å². The Bertz CT molecular complexity index is 3010. The maximum atomic E-state index is 13.0. The second-order valence-corrected chi connectivity index (χ2v) is 15.8. The standard InChI is InChI=1S/C56H36O2/c57-55(47-23-5-1-17-43(47)44-18-2-6-24-48(44)55)51-27-11-15-35-13-9-21-41(53(35)51)39-31-29-38-34-40(32-30-37(38)33-39)42-22-10-14-36-16-12-28-52(54(36)42)56(58)49-25-7-3-19-45(49)46-20-4-8-26-50(46)56/h1-34,57-58H. The van der Waals surface area contributed by atoms with Crippen LogP contribution in [-0.2, 0) is 11.2 Å². The monoisotopic (exact) mass is 740 g/mol. The maximum Gasteiger partial charge on any atom is 0.142 e. The van der Waals surface area contributed by atoms with Gasteiger partial charge in [0, 0.05) is 33.4 Å². The topological polar surface area (TPSA) is 40.5 Å². The summed E-state index contributed by atoms with van der Waals surface area (Å²) in [6.45, 7) is 0. The number of rotatable bonds is 4. The van der Waals surface area contributed by atoms with Gasteiger partial charge in [-0.15, -0.1) is 0 Å². The third-order valence-corrected chi connectivity index (χ3v) is 12.9. The van der Waals surface area contributed by atoms with E-state index < -0.39 is 11.2 Å². The highest BCUT2D eigenvalue weighted by molar-refractivity contribution is 6.05. The molecule has 10 aromatic carbocycles. The Kier molecular flexibility index (Phi) is 6.96. The van der Waals surface area contributed by atoms with E-state index in [4.69, 9.17) is 0 Å². The molecule has 0 heterocycles. The van der Waals surface area contributed by atoms with E-state index in [1.54, 1.807) is 0 Å². The summed E-state index contributed by atoms with van der Waals surface area (Å²) in [7, 11) is 0. The normalized spacial score (nSPS) is 14.3. The van der Waals surface area contributed by atoms with Crippen molar-refractivity contribution >= 4 is 32.3 Å². The summed E-state index contributed by atoms with van der Waals surface area (Å²) in [6.07, 6.45) is 0. The largest absolute Gasteiger partial charge is 0.376 e. The summed E-state index contributed by atoms with van der Waals surface area (Å²) in [5.74, 6) is 0. The van der Waals surface area contributed by atoms with Crippen molar-refractivity contribution in [3.05, 3.63) is 240 Å². The average molecular weight is 741 g/mol. The van der Waals surface area contributed by atoms with Crippen molar-refractivity contribution in [2.24, 2.45) is 0 Å². The van der Waals surface area contributed by atoms with Gasteiger partial charge in [0.05, 0.1) is 0 Å². The van der Waals surface area contributed by atoms with Crippen molar-refractivity contribution in [3.63, 3.8) is 0 Å². The van der Waals surface area contributed by atoms with E-state index in [1.165, 1.54) is 0 Å². The molecule has 2 N–H and O–H groups in total. The van der Waals surface area contributed by atoms with Crippen LogP contribution in [0, 0.1) is 0 Å². The van der Waals surface area contributed by atoms with E-state index in [0.717, 1.165) is 110 Å². The van der Waals surface area contributed by atoms with Crippen molar-refractivity contribution in [2.75, 3.05) is 0 Å². The Balaban J connectivity index is 1.01. The van der Waals surface area contributed by atoms with Crippen LogP contribution in [0.2, 0.25) is 0 Å². The first-order valence-corrected chi connectivity index (χ1v) is 20.0. The summed E-state index contributed by atoms with van der Waals surface area (Å²) in [5.41, 5.74) is 11.4. The Hall–Kier alpha value is -7.10. The summed E-state index contributed by atoms with van der Waals surface area (Å²) in [6, 6.07) is 71.9. The van der Waals surface area contributed by atoms with Crippen molar-refractivity contribution < 1.29 is 10.2 Å². The number of aliphatic hydroxyl groups is 2. The SMILES string of the molecule is OC1(c2cccc3cccc(-c4ccc5cc(-c6cccc7cccc(C8(O)c9ccccc9-c9ccccc98)c67)ccc5c4)c23)c2ccccc2-c2ccccc21. The molecule has 272 valence electrons. The van der Waals surface area contributed by atoms with E-state index in [0.29, 0.717) is 0 Å². The second kappa shape index (κ2) is 12.2. The van der Waals surface area contributed by atoms with Crippen LogP contribution in [0.1, 0.15) is 33.4 Å². The minimum absolute atomic E-state index is 0.884. The molecule has 0 unspecified atom stereocenters. The molecule has 0 spiro atoms. The molecule has 0 aromatic heterocycles. The molecule has 0 aliphatic heterocycles. The molecule has 0 bridgehead atoms. The number of benzene rings is 10. The first kappa shape index (κ1) is 33.1. The minimum atomic E-state index is -1.30. The molecule has 2 nitrogen and oxygen atoms in total. The van der Waals surface area contributed by atoms with Crippen LogP contribution in [0.25, 0.3) is 76.8 Å². The Morgan fingerprint density at radius 3 is 0.897 bits per heavy atom. The van der Waals surface area contributed by atoms with Crippen molar-refractivity contribution in [3.8, 4) is 44.5 Å². The van der Waals surface area contributed by atoms with Gasteiger partial charge in [-0.3, -0.25) is 0 Å².